The second-order valence-electron chi connectivity index (χ2n) is 4.68. The van der Waals surface area contributed by atoms with Gasteiger partial charge in [0.05, 0.1) is 6.04 Å². The van der Waals surface area contributed by atoms with Crippen molar-refractivity contribution < 1.29 is 0 Å². The lowest BCUT2D eigenvalue weighted by molar-refractivity contribution is 0.201. The van der Waals surface area contributed by atoms with Gasteiger partial charge in [-0.25, -0.2) is 4.98 Å². The fraction of sp³-hybridized carbons (Fsp3) is 0.357. The number of nitrogens with one attached hydrogen (secondary N) is 1. The Morgan fingerprint density at radius 1 is 1.19 bits per heavy atom. The topological polar surface area (TPSA) is 54.2 Å². The lowest BCUT2D eigenvalue weighted by Crippen LogP contribution is -2.45. The summed E-state index contributed by atoms with van der Waals surface area (Å²) in [7, 11) is 0. The second kappa shape index (κ2) is 8.56. The van der Waals surface area contributed by atoms with Crippen LogP contribution < -0.4 is 11.1 Å². The van der Waals surface area contributed by atoms with Gasteiger partial charge in [-0.1, -0.05) is 12.1 Å². The third kappa shape index (κ3) is 4.08. The lowest BCUT2D eigenvalue weighted by atomic mass is 10.0. The average Bonchev–Trinajstić information content (AvgIpc) is 2.96. The van der Waals surface area contributed by atoms with Crippen molar-refractivity contribution >= 4 is 42.0 Å². The normalized spacial score (nSPS) is 16.6. The van der Waals surface area contributed by atoms with E-state index in [0.717, 1.165) is 31.7 Å². The predicted octanol–water partition coefficient (Wildman–Crippen LogP) is 2.56. The van der Waals surface area contributed by atoms with Gasteiger partial charge in [-0.05, 0) is 17.5 Å². The Morgan fingerprint density at radius 3 is 2.57 bits per heavy atom. The van der Waals surface area contributed by atoms with Gasteiger partial charge in [-0.3, -0.25) is 4.90 Å². The Morgan fingerprint density at radius 2 is 1.95 bits per heavy atom. The van der Waals surface area contributed by atoms with Crippen molar-refractivity contribution in [1.82, 2.24) is 15.2 Å². The highest BCUT2D eigenvalue weighted by atomic mass is 35.5. The Labute approximate surface area is 141 Å². The maximum absolute atomic E-state index is 6.09. The molecule has 0 unspecified atom stereocenters. The summed E-state index contributed by atoms with van der Waals surface area (Å²) in [5, 5.41) is 5.52. The first kappa shape index (κ1) is 18.2. The minimum Gasteiger partial charge on any atom is -0.383 e. The van der Waals surface area contributed by atoms with E-state index in [-0.39, 0.29) is 30.9 Å². The molecule has 0 spiro atoms. The molecule has 0 radical (unpaired) electrons. The van der Waals surface area contributed by atoms with Crippen LogP contribution in [0, 0.1) is 0 Å². The van der Waals surface area contributed by atoms with Crippen molar-refractivity contribution in [3.05, 3.63) is 46.3 Å². The first-order valence-corrected chi connectivity index (χ1v) is 7.43. The van der Waals surface area contributed by atoms with E-state index < -0.39 is 0 Å². The van der Waals surface area contributed by atoms with Crippen LogP contribution >= 0.6 is 36.2 Å². The number of thiophene rings is 1. The molecule has 1 aliphatic heterocycles. The predicted molar refractivity (Wildman–Crippen MR) is 93.8 cm³/mol. The minimum absolute atomic E-state index is 0. The highest BCUT2D eigenvalue weighted by molar-refractivity contribution is 7.10. The molecule has 116 valence electrons. The number of aromatic nitrogens is 1. The van der Waals surface area contributed by atoms with Crippen molar-refractivity contribution in [1.29, 1.82) is 0 Å². The van der Waals surface area contributed by atoms with E-state index >= 15 is 0 Å². The number of halogens is 2. The third-order valence-electron chi connectivity index (χ3n) is 3.50. The van der Waals surface area contributed by atoms with Gasteiger partial charge in [0.25, 0.3) is 0 Å². The number of rotatable bonds is 3. The molecule has 0 aromatic carbocycles. The number of piperazine rings is 1. The number of nitrogens with two attached hydrogens (primary N) is 1. The Kier molecular flexibility index (Phi) is 7.42. The van der Waals surface area contributed by atoms with E-state index in [1.165, 1.54) is 4.88 Å². The molecule has 0 aliphatic carbocycles. The summed E-state index contributed by atoms with van der Waals surface area (Å²) in [6, 6.07) is 8.57. The molecule has 7 heteroatoms. The molecule has 3 heterocycles. The number of pyridine rings is 1. The quantitative estimate of drug-likeness (QED) is 0.896. The van der Waals surface area contributed by atoms with Gasteiger partial charge in [-0.15, -0.1) is 36.2 Å². The average molecular weight is 347 g/mol. The molecular weight excluding hydrogens is 327 g/mol. The molecular formula is C14H20Cl2N4S. The van der Waals surface area contributed by atoms with Gasteiger partial charge in [-0.2, -0.15) is 0 Å². The van der Waals surface area contributed by atoms with Crippen LogP contribution in [0.1, 0.15) is 16.5 Å². The van der Waals surface area contributed by atoms with Crippen molar-refractivity contribution in [3.63, 3.8) is 0 Å². The highest BCUT2D eigenvalue weighted by Crippen LogP contribution is 2.33. The largest absolute Gasteiger partial charge is 0.383 e. The standard InChI is InChI=1S/C14H18N4S.2ClH/c15-14-11(3-1-5-17-14)13(12-4-2-10-19-12)18-8-6-16-7-9-18;;/h1-5,10,13,16H,6-9H2,(H2,15,17);2*1H/t13-;;/m0../s1. The number of hydrogen-bond donors (Lipinski definition) is 2. The van der Waals surface area contributed by atoms with Crippen LogP contribution in [0.15, 0.2) is 35.8 Å². The van der Waals surface area contributed by atoms with Crippen LogP contribution in [0.5, 0.6) is 0 Å². The van der Waals surface area contributed by atoms with E-state index in [1.807, 2.05) is 6.07 Å². The number of anilines is 1. The molecule has 0 bridgehead atoms. The molecule has 2 aromatic rings. The molecule has 2 aromatic heterocycles. The van der Waals surface area contributed by atoms with Gasteiger partial charge < -0.3 is 11.1 Å². The van der Waals surface area contributed by atoms with Crippen molar-refractivity contribution in [2.24, 2.45) is 0 Å². The SMILES string of the molecule is Cl.Cl.Nc1ncccc1[C@@H](c1cccs1)N1CCNCC1. The summed E-state index contributed by atoms with van der Waals surface area (Å²) >= 11 is 1.78. The molecule has 1 saturated heterocycles. The van der Waals surface area contributed by atoms with E-state index in [1.54, 1.807) is 17.5 Å². The highest BCUT2D eigenvalue weighted by Gasteiger charge is 2.26. The number of nitrogen functional groups attached to an aromatic ring is 1. The van der Waals surface area contributed by atoms with Crippen LogP contribution in [0.25, 0.3) is 0 Å². The van der Waals surface area contributed by atoms with Crippen LogP contribution in [0.3, 0.4) is 0 Å². The van der Waals surface area contributed by atoms with Crippen molar-refractivity contribution in [2.45, 2.75) is 6.04 Å². The molecule has 4 nitrogen and oxygen atoms in total. The summed E-state index contributed by atoms with van der Waals surface area (Å²) in [4.78, 5) is 8.06. The molecule has 3 rings (SSSR count). The molecule has 1 atom stereocenters. The second-order valence-corrected chi connectivity index (χ2v) is 5.66. The van der Waals surface area contributed by atoms with E-state index in [0.29, 0.717) is 5.82 Å². The zero-order valence-electron chi connectivity index (χ0n) is 11.6. The molecule has 0 amide bonds. The summed E-state index contributed by atoms with van der Waals surface area (Å²) in [6.07, 6.45) is 1.75. The maximum Gasteiger partial charge on any atom is 0.128 e. The van der Waals surface area contributed by atoms with E-state index in [4.69, 9.17) is 5.73 Å². The monoisotopic (exact) mass is 346 g/mol. The third-order valence-corrected chi connectivity index (χ3v) is 4.42. The molecule has 21 heavy (non-hydrogen) atoms. The number of hydrogen-bond acceptors (Lipinski definition) is 5. The summed E-state index contributed by atoms with van der Waals surface area (Å²) in [5.41, 5.74) is 7.20. The summed E-state index contributed by atoms with van der Waals surface area (Å²) < 4.78 is 0. The molecule has 1 fully saturated rings. The molecule has 1 aliphatic rings. The van der Waals surface area contributed by atoms with Crippen LogP contribution in [0.4, 0.5) is 5.82 Å². The smallest absolute Gasteiger partial charge is 0.128 e. The lowest BCUT2D eigenvalue weighted by Gasteiger charge is -2.35. The van der Waals surface area contributed by atoms with Gasteiger partial charge in [0.1, 0.15) is 5.82 Å². The Bertz CT molecular complexity index is 530. The molecule has 0 saturated carbocycles. The fourth-order valence-electron chi connectivity index (χ4n) is 2.58. The van der Waals surface area contributed by atoms with Gasteiger partial charge in [0, 0.05) is 42.8 Å². The van der Waals surface area contributed by atoms with E-state index in [2.05, 4.69) is 38.8 Å². The van der Waals surface area contributed by atoms with E-state index in [9.17, 15) is 0 Å². The zero-order valence-corrected chi connectivity index (χ0v) is 14.0. The van der Waals surface area contributed by atoms with Crippen LogP contribution in [-0.4, -0.2) is 36.1 Å². The first-order valence-electron chi connectivity index (χ1n) is 6.55. The number of nitrogens with zero attached hydrogens (tertiary/aromatic N) is 2. The minimum atomic E-state index is 0. The zero-order chi connectivity index (χ0) is 13.1. The van der Waals surface area contributed by atoms with Crippen molar-refractivity contribution in [3.8, 4) is 0 Å². The Balaban J connectivity index is 0.00000110. The summed E-state index contributed by atoms with van der Waals surface area (Å²) in [5.74, 6) is 0.638. The Hall–Kier alpha value is -0.850. The fourth-order valence-corrected chi connectivity index (χ4v) is 3.45. The maximum atomic E-state index is 6.09. The molecule has 3 N–H and O–H groups in total. The summed E-state index contributed by atoms with van der Waals surface area (Å²) in [6.45, 7) is 4.14. The van der Waals surface area contributed by atoms with Crippen LogP contribution in [0.2, 0.25) is 0 Å². The van der Waals surface area contributed by atoms with Crippen LogP contribution in [-0.2, 0) is 0 Å². The van der Waals surface area contributed by atoms with Crippen molar-refractivity contribution in [2.75, 3.05) is 31.9 Å². The van der Waals surface area contributed by atoms with Gasteiger partial charge >= 0.3 is 0 Å². The first-order chi connectivity index (χ1) is 9.36. The van der Waals surface area contributed by atoms with Gasteiger partial charge in [0.15, 0.2) is 0 Å². The van der Waals surface area contributed by atoms with Gasteiger partial charge in [0.2, 0.25) is 0 Å².